The summed E-state index contributed by atoms with van der Waals surface area (Å²) in [6, 6.07) is 23.8. The van der Waals surface area contributed by atoms with Gasteiger partial charge in [-0.1, -0.05) is 35.5 Å². The van der Waals surface area contributed by atoms with Crippen LogP contribution in [0.3, 0.4) is 0 Å². The molecule has 1 heterocycles. The van der Waals surface area contributed by atoms with Crippen LogP contribution in [0.5, 0.6) is 11.5 Å². The third kappa shape index (κ3) is 4.20. The maximum atomic E-state index is 12.6. The van der Waals surface area contributed by atoms with Crippen LogP contribution in [0.25, 0.3) is 10.9 Å². The second kappa shape index (κ2) is 8.57. The van der Waals surface area contributed by atoms with E-state index >= 15 is 0 Å². The molecule has 0 bridgehead atoms. The minimum atomic E-state index is -0.251. The Morgan fingerprint density at radius 1 is 0.933 bits per heavy atom. The molecular formula is C23H20N4O3. The van der Waals surface area contributed by atoms with E-state index in [1.54, 1.807) is 36.2 Å². The van der Waals surface area contributed by atoms with Crippen LogP contribution in [-0.2, 0) is 11.3 Å². The first-order valence-corrected chi connectivity index (χ1v) is 9.54. The Hall–Kier alpha value is -4.00. The first-order valence-electron chi connectivity index (χ1n) is 9.54. The molecule has 3 aromatic carbocycles. The van der Waals surface area contributed by atoms with E-state index < -0.39 is 0 Å². The van der Waals surface area contributed by atoms with E-state index in [1.165, 1.54) is 4.68 Å². The summed E-state index contributed by atoms with van der Waals surface area (Å²) < 4.78 is 7.00. The number of nitrogens with zero attached hydrogens (tertiary/aromatic N) is 4. The van der Waals surface area contributed by atoms with Gasteiger partial charge in [-0.2, -0.15) is 0 Å². The molecule has 7 nitrogen and oxygen atoms in total. The van der Waals surface area contributed by atoms with Crippen molar-refractivity contribution in [2.45, 2.75) is 13.0 Å². The SMILES string of the molecule is CN(C(=O)CCn1nnc2ccccc2c1=O)c1ccc(Oc2ccccc2)cc1. The Kier molecular flexibility index (Phi) is 5.52. The normalized spacial score (nSPS) is 10.7. The minimum absolute atomic E-state index is 0.131. The van der Waals surface area contributed by atoms with Crippen LogP contribution in [0, 0.1) is 0 Å². The predicted molar refractivity (Wildman–Crippen MR) is 115 cm³/mol. The summed E-state index contributed by atoms with van der Waals surface area (Å²) in [6.45, 7) is 0.162. The summed E-state index contributed by atoms with van der Waals surface area (Å²) in [5.41, 5.74) is 1.02. The third-order valence-electron chi connectivity index (χ3n) is 4.74. The lowest BCUT2D eigenvalue weighted by Gasteiger charge is -2.18. The van der Waals surface area contributed by atoms with Gasteiger partial charge in [-0.15, -0.1) is 5.10 Å². The Bertz CT molecular complexity index is 1220. The molecule has 0 saturated carbocycles. The van der Waals surface area contributed by atoms with Crippen molar-refractivity contribution in [2.24, 2.45) is 0 Å². The quantitative estimate of drug-likeness (QED) is 0.494. The molecule has 0 aliphatic carbocycles. The summed E-state index contributed by atoms with van der Waals surface area (Å²) in [6.07, 6.45) is 0.131. The van der Waals surface area contributed by atoms with Gasteiger partial charge in [0.2, 0.25) is 5.91 Å². The third-order valence-corrected chi connectivity index (χ3v) is 4.74. The van der Waals surface area contributed by atoms with E-state index in [0.717, 1.165) is 11.4 Å². The van der Waals surface area contributed by atoms with Gasteiger partial charge in [-0.05, 0) is 48.5 Å². The van der Waals surface area contributed by atoms with E-state index in [2.05, 4.69) is 10.3 Å². The molecule has 0 fully saturated rings. The summed E-state index contributed by atoms with van der Waals surface area (Å²) in [5.74, 6) is 1.30. The number of rotatable bonds is 6. The number of anilines is 1. The maximum Gasteiger partial charge on any atom is 0.277 e. The Labute approximate surface area is 173 Å². The van der Waals surface area contributed by atoms with Gasteiger partial charge in [-0.25, -0.2) is 4.68 Å². The molecule has 150 valence electrons. The number of hydrogen-bond donors (Lipinski definition) is 0. The zero-order valence-corrected chi connectivity index (χ0v) is 16.4. The first kappa shape index (κ1) is 19.3. The van der Waals surface area contributed by atoms with Crippen LogP contribution < -0.4 is 15.2 Å². The van der Waals surface area contributed by atoms with Crippen molar-refractivity contribution in [3.63, 3.8) is 0 Å². The number of aryl methyl sites for hydroxylation is 1. The number of hydrogen-bond acceptors (Lipinski definition) is 5. The number of benzene rings is 3. The topological polar surface area (TPSA) is 77.3 Å². The van der Waals surface area contributed by atoms with Crippen LogP contribution in [-0.4, -0.2) is 27.9 Å². The van der Waals surface area contributed by atoms with Crippen molar-refractivity contribution in [1.29, 1.82) is 0 Å². The monoisotopic (exact) mass is 400 g/mol. The standard InChI is InChI=1S/C23H20N4O3/c1-26(17-11-13-19(14-12-17)30-18-7-3-2-4-8-18)22(28)15-16-27-23(29)20-9-5-6-10-21(20)24-25-27/h2-14H,15-16H2,1H3. The van der Waals surface area contributed by atoms with Crippen LogP contribution in [0.15, 0.2) is 83.7 Å². The lowest BCUT2D eigenvalue weighted by molar-refractivity contribution is -0.118. The molecule has 0 aliphatic heterocycles. The average molecular weight is 400 g/mol. The van der Waals surface area contributed by atoms with E-state index in [-0.39, 0.29) is 24.4 Å². The molecule has 1 amide bonds. The summed E-state index contributed by atoms with van der Waals surface area (Å²) in [4.78, 5) is 26.6. The fourth-order valence-electron chi connectivity index (χ4n) is 3.05. The van der Waals surface area contributed by atoms with Crippen LogP contribution in [0.1, 0.15) is 6.42 Å². The second-order valence-electron chi connectivity index (χ2n) is 6.75. The fourth-order valence-corrected chi connectivity index (χ4v) is 3.05. The molecule has 7 heteroatoms. The van der Waals surface area contributed by atoms with E-state index in [9.17, 15) is 9.59 Å². The smallest absolute Gasteiger partial charge is 0.277 e. The minimum Gasteiger partial charge on any atom is -0.457 e. The molecule has 1 aromatic heterocycles. The van der Waals surface area contributed by atoms with Gasteiger partial charge in [0.25, 0.3) is 5.56 Å². The lowest BCUT2D eigenvalue weighted by atomic mass is 10.2. The molecule has 0 aliphatic rings. The van der Waals surface area contributed by atoms with Crippen LogP contribution in [0.4, 0.5) is 5.69 Å². The number of carbonyl (C=O) groups is 1. The Balaban J connectivity index is 1.40. The number of amides is 1. The van der Waals surface area contributed by atoms with Crippen molar-refractivity contribution >= 4 is 22.5 Å². The summed E-state index contributed by atoms with van der Waals surface area (Å²) in [5, 5.41) is 8.46. The Morgan fingerprint density at radius 2 is 1.60 bits per heavy atom. The number of carbonyl (C=O) groups excluding carboxylic acids is 1. The summed E-state index contributed by atoms with van der Waals surface area (Å²) in [7, 11) is 1.70. The number of para-hydroxylation sites is 1. The molecule has 0 N–H and O–H groups in total. The highest BCUT2D eigenvalue weighted by Crippen LogP contribution is 2.24. The number of ether oxygens (including phenoxy) is 1. The molecule has 0 unspecified atom stereocenters. The molecular weight excluding hydrogens is 380 g/mol. The van der Waals surface area contributed by atoms with Crippen molar-refractivity contribution in [2.75, 3.05) is 11.9 Å². The molecule has 0 atom stereocenters. The molecule has 30 heavy (non-hydrogen) atoms. The van der Waals surface area contributed by atoms with Gasteiger partial charge >= 0.3 is 0 Å². The zero-order chi connectivity index (χ0) is 20.9. The second-order valence-corrected chi connectivity index (χ2v) is 6.75. The van der Waals surface area contributed by atoms with Crippen molar-refractivity contribution in [3.8, 4) is 11.5 Å². The van der Waals surface area contributed by atoms with Gasteiger partial charge in [0, 0.05) is 19.2 Å². The van der Waals surface area contributed by atoms with Crippen LogP contribution >= 0.6 is 0 Å². The van der Waals surface area contributed by atoms with E-state index in [4.69, 9.17) is 4.74 Å². The van der Waals surface area contributed by atoms with Gasteiger partial charge in [-0.3, -0.25) is 9.59 Å². The van der Waals surface area contributed by atoms with Crippen molar-refractivity contribution in [3.05, 3.63) is 89.2 Å². The fraction of sp³-hybridized carbons (Fsp3) is 0.130. The van der Waals surface area contributed by atoms with Crippen molar-refractivity contribution < 1.29 is 9.53 Å². The highest BCUT2D eigenvalue weighted by atomic mass is 16.5. The van der Waals surface area contributed by atoms with Gasteiger partial charge in [0.15, 0.2) is 0 Å². The van der Waals surface area contributed by atoms with Gasteiger partial charge in [0.05, 0.1) is 11.9 Å². The predicted octanol–water partition coefficient (Wildman–Crippen LogP) is 3.64. The molecule has 4 aromatic rings. The Morgan fingerprint density at radius 3 is 2.37 bits per heavy atom. The average Bonchev–Trinajstić information content (AvgIpc) is 2.79. The highest BCUT2D eigenvalue weighted by Gasteiger charge is 2.13. The zero-order valence-electron chi connectivity index (χ0n) is 16.4. The highest BCUT2D eigenvalue weighted by molar-refractivity contribution is 5.92. The van der Waals surface area contributed by atoms with Gasteiger partial charge in [0.1, 0.15) is 17.0 Å². The van der Waals surface area contributed by atoms with E-state index in [0.29, 0.717) is 16.7 Å². The maximum absolute atomic E-state index is 12.6. The molecule has 0 radical (unpaired) electrons. The van der Waals surface area contributed by atoms with E-state index in [1.807, 2.05) is 54.6 Å². The molecule has 0 saturated heterocycles. The molecule has 0 spiro atoms. The first-order chi connectivity index (χ1) is 14.6. The summed E-state index contributed by atoms with van der Waals surface area (Å²) >= 11 is 0. The lowest BCUT2D eigenvalue weighted by Crippen LogP contribution is -2.30. The number of fused-ring (bicyclic) bond motifs is 1. The van der Waals surface area contributed by atoms with Gasteiger partial charge < -0.3 is 9.64 Å². The molecule has 4 rings (SSSR count). The number of aromatic nitrogens is 3. The largest absolute Gasteiger partial charge is 0.457 e. The van der Waals surface area contributed by atoms with Crippen molar-refractivity contribution in [1.82, 2.24) is 15.0 Å². The van der Waals surface area contributed by atoms with Crippen LogP contribution in [0.2, 0.25) is 0 Å².